The lowest BCUT2D eigenvalue weighted by atomic mass is 10.0. The Morgan fingerprint density at radius 2 is 2.30 bits per heavy atom. The van der Waals surface area contributed by atoms with Crippen molar-refractivity contribution in [1.29, 1.82) is 0 Å². The Labute approximate surface area is 135 Å². The van der Waals surface area contributed by atoms with E-state index in [0.29, 0.717) is 25.3 Å². The molecule has 1 heterocycles. The average molecular weight is 323 g/mol. The van der Waals surface area contributed by atoms with Crippen LogP contribution in [0, 0.1) is 5.82 Å². The number of methoxy groups -OCH3 is 1. The molecule has 1 aliphatic heterocycles. The van der Waals surface area contributed by atoms with Crippen LogP contribution in [0.3, 0.4) is 0 Å². The third-order valence-electron chi connectivity index (χ3n) is 3.66. The number of halogens is 1. The number of benzene rings is 1. The second-order valence-corrected chi connectivity index (χ2v) is 5.64. The fourth-order valence-corrected chi connectivity index (χ4v) is 2.62. The number of hydrogen-bond acceptors (Lipinski definition) is 3. The summed E-state index contributed by atoms with van der Waals surface area (Å²) in [6.45, 7) is 2.72. The molecular weight excluding hydrogens is 301 g/mol. The summed E-state index contributed by atoms with van der Waals surface area (Å²) < 4.78 is 18.3. The van der Waals surface area contributed by atoms with Crippen LogP contribution >= 0.6 is 0 Å². The molecule has 0 spiro atoms. The molecule has 1 saturated heterocycles. The molecule has 2 N–H and O–H groups in total. The van der Waals surface area contributed by atoms with Crippen molar-refractivity contribution in [2.24, 2.45) is 0 Å². The fourth-order valence-electron chi connectivity index (χ4n) is 2.62. The van der Waals surface area contributed by atoms with Gasteiger partial charge in [-0.25, -0.2) is 9.18 Å². The van der Waals surface area contributed by atoms with Crippen molar-refractivity contribution in [3.05, 3.63) is 30.1 Å². The Bertz CT molecular complexity index is 567. The second kappa shape index (κ2) is 7.92. The zero-order valence-electron chi connectivity index (χ0n) is 13.3. The number of carbonyl (C=O) groups excluding carboxylic acids is 2. The molecule has 1 aromatic rings. The van der Waals surface area contributed by atoms with Gasteiger partial charge in [0.15, 0.2) is 0 Å². The molecule has 0 saturated carbocycles. The van der Waals surface area contributed by atoms with E-state index >= 15 is 0 Å². The number of amides is 3. The summed E-state index contributed by atoms with van der Waals surface area (Å²) in [6.07, 6.45) is 1.30. The van der Waals surface area contributed by atoms with E-state index in [1.54, 1.807) is 19.2 Å². The molecule has 1 aromatic carbocycles. The van der Waals surface area contributed by atoms with Crippen LogP contribution in [0.15, 0.2) is 24.3 Å². The third-order valence-corrected chi connectivity index (χ3v) is 3.66. The molecule has 0 radical (unpaired) electrons. The van der Waals surface area contributed by atoms with Gasteiger partial charge in [0, 0.05) is 19.3 Å². The van der Waals surface area contributed by atoms with Crippen molar-refractivity contribution < 1.29 is 18.7 Å². The molecular formula is C16H22FN3O3. The monoisotopic (exact) mass is 323 g/mol. The van der Waals surface area contributed by atoms with Crippen molar-refractivity contribution in [3.63, 3.8) is 0 Å². The molecule has 1 fully saturated rings. The summed E-state index contributed by atoms with van der Waals surface area (Å²) in [6, 6.07) is 4.73. The van der Waals surface area contributed by atoms with Crippen LogP contribution in [0.4, 0.5) is 14.9 Å². The summed E-state index contributed by atoms with van der Waals surface area (Å²) in [7, 11) is 1.55. The van der Waals surface area contributed by atoms with Gasteiger partial charge in [0.05, 0.1) is 12.6 Å². The predicted molar refractivity (Wildman–Crippen MR) is 84.8 cm³/mol. The van der Waals surface area contributed by atoms with Gasteiger partial charge in [-0.1, -0.05) is 6.07 Å². The Morgan fingerprint density at radius 1 is 1.52 bits per heavy atom. The van der Waals surface area contributed by atoms with Gasteiger partial charge in [-0.2, -0.15) is 0 Å². The summed E-state index contributed by atoms with van der Waals surface area (Å²) in [5, 5.41) is 5.39. The number of hydrogen-bond donors (Lipinski definition) is 2. The zero-order chi connectivity index (χ0) is 16.8. The minimum atomic E-state index is -0.609. The van der Waals surface area contributed by atoms with E-state index in [1.807, 2.05) is 6.92 Å². The molecule has 2 rings (SSSR count). The lowest BCUT2D eigenvalue weighted by molar-refractivity contribution is -0.121. The van der Waals surface area contributed by atoms with Gasteiger partial charge in [0.2, 0.25) is 5.91 Å². The van der Waals surface area contributed by atoms with E-state index < -0.39 is 17.9 Å². The number of anilines is 1. The van der Waals surface area contributed by atoms with Crippen molar-refractivity contribution in [2.75, 3.05) is 25.2 Å². The van der Waals surface area contributed by atoms with Gasteiger partial charge in [-0.3, -0.25) is 4.79 Å². The van der Waals surface area contributed by atoms with E-state index in [0.717, 1.165) is 6.42 Å². The Kier molecular flexibility index (Phi) is 5.92. The lowest BCUT2D eigenvalue weighted by Gasteiger charge is -2.32. The van der Waals surface area contributed by atoms with Crippen molar-refractivity contribution in [2.45, 2.75) is 31.8 Å². The van der Waals surface area contributed by atoms with Crippen molar-refractivity contribution in [1.82, 2.24) is 10.6 Å². The minimum Gasteiger partial charge on any atom is -0.383 e. The van der Waals surface area contributed by atoms with Crippen molar-refractivity contribution >= 4 is 17.6 Å². The standard InChI is InChI=1S/C16H22FN3O3/c1-11(10-23-2)18-16(22)19-14-7-4-8-20(15(14)21)13-6-3-5-12(17)9-13/h3,5-6,9,11,14H,4,7-8,10H2,1-2H3,(H2,18,19,22). The fraction of sp³-hybridized carbons (Fsp3) is 0.500. The molecule has 1 aliphatic rings. The number of rotatable bonds is 5. The molecule has 23 heavy (non-hydrogen) atoms. The highest BCUT2D eigenvalue weighted by atomic mass is 19.1. The molecule has 126 valence electrons. The second-order valence-electron chi connectivity index (χ2n) is 5.64. The SMILES string of the molecule is COCC(C)NC(=O)NC1CCCN(c2cccc(F)c2)C1=O. The van der Waals surface area contributed by atoms with Crippen molar-refractivity contribution in [3.8, 4) is 0 Å². The van der Waals surface area contributed by atoms with Gasteiger partial charge in [0.25, 0.3) is 0 Å². The molecule has 0 bridgehead atoms. The van der Waals surface area contributed by atoms with Crippen LogP contribution in [0.2, 0.25) is 0 Å². The Balaban J connectivity index is 1.98. The Morgan fingerprint density at radius 3 is 3.00 bits per heavy atom. The van der Waals surface area contributed by atoms with Gasteiger partial charge < -0.3 is 20.3 Å². The molecule has 2 atom stereocenters. The van der Waals surface area contributed by atoms with Crippen LogP contribution in [-0.2, 0) is 9.53 Å². The largest absolute Gasteiger partial charge is 0.383 e. The van der Waals surface area contributed by atoms with Crippen LogP contribution in [-0.4, -0.2) is 44.3 Å². The normalized spacial score (nSPS) is 19.3. The number of piperidine rings is 1. The first-order chi connectivity index (χ1) is 11.0. The number of carbonyl (C=O) groups is 2. The number of ether oxygens (including phenoxy) is 1. The van der Waals surface area contributed by atoms with Crippen LogP contribution in [0.25, 0.3) is 0 Å². The maximum Gasteiger partial charge on any atom is 0.315 e. The summed E-state index contributed by atoms with van der Waals surface area (Å²) in [4.78, 5) is 26.0. The lowest BCUT2D eigenvalue weighted by Crippen LogP contribution is -2.55. The quantitative estimate of drug-likeness (QED) is 0.866. The molecule has 7 heteroatoms. The molecule has 6 nitrogen and oxygen atoms in total. The summed E-state index contributed by atoms with van der Waals surface area (Å²) in [5.74, 6) is -0.618. The highest BCUT2D eigenvalue weighted by molar-refractivity contribution is 5.99. The average Bonchev–Trinajstić information content (AvgIpc) is 2.49. The third kappa shape index (κ3) is 4.66. The first kappa shape index (κ1) is 17.2. The van der Waals surface area contributed by atoms with Crippen LogP contribution < -0.4 is 15.5 Å². The zero-order valence-corrected chi connectivity index (χ0v) is 13.3. The molecule has 2 unspecified atom stereocenters. The number of nitrogens with zero attached hydrogens (tertiary/aromatic N) is 1. The smallest absolute Gasteiger partial charge is 0.315 e. The first-order valence-electron chi connectivity index (χ1n) is 7.64. The van der Waals surface area contributed by atoms with E-state index in [1.165, 1.54) is 17.0 Å². The highest BCUT2D eigenvalue weighted by Crippen LogP contribution is 2.21. The number of nitrogens with one attached hydrogen (secondary N) is 2. The van der Waals surface area contributed by atoms with E-state index in [2.05, 4.69) is 10.6 Å². The highest BCUT2D eigenvalue weighted by Gasteiger charge is 2.31. The van der Waals surface area contributed by atoms with Gasteiger partial charge >= 0.3 is 6.03 Å². The molecule has 0 aliphatic carbocycles. The van der Waals surface area contributed by atoms with Gasteiger partial charge in [-0.05, 0) is 38.0 Å². The maximum atomic E-state index is 13.3. The molecule has 0 aromatic heterocycles. The topological polar surface area (TPSA) is 70.7 Å². The minimum absolute atomic E-state index is 0.155. The van der Waals surface area contributed by atoms with Crippen LogP contribution in [0.5, 0.6) is 0 Å². The summed E-state index contributed by atoms with van der Waals surface area (Å²) >= 11 is 0. The van der Waals surface area contributed by atoms with E-state index in [-0.39, 0.29) is 11.9 Å². The molecule has 3 amide bonds. The van der Waals surface area contributed by atoms with Gasteiger partial charge in [0.1, 0.15) is 11.9 Å². The maximum absolute atomic E-state index is 13.3. The Hall–Kier alpha value is -2.15. The number of urea groups is 1. The van der Waals surface area contributed by atoms with E-state index in [9.17, 15) is 14.0 Å². The van der Waals surface area contributed by atoms with Crippen LogP contribution in [0.1, 0.15) is 19.8 Å². The van der Waals surface area contributed by atoms with E-state index in [4.69, 9.17) is 4.74 Å². The summed E-state index contributed by atoms with van der Waals surface area (Å²) in [5.41, 5.74) is 0.509. The first-order valence-corrected chi connectivity index (χ1v) is 7.64. The van der Waals surface area contributed by atoms with Gasteiger partial charge in [-0.15, -0.1) is 0 Å². The predicted octanol–water partition coefficient (Wildman–Crippen LogP) is 1.66.